The quantitative estimate of drug-likeness (QED) is 0.467. The van der Waals surface area contributed by atoms with E-state index in [0.29, 0.717) is 25.9 Å². The average Bonchev–Trinajstić information content (AvgIpc) is 3.29. The highest BCUT2D eigenvalue weighted by Crippen LogP contribution is 2.35. The third kappa shape index (κ3) is 5.08. The van der Waals surface area contributed by atoms with Crippen LogP contribution in [0.5, 0.6) is 0 Å². The fourth-order valence-corrected chi connectivity index (χ4v) is 4.29. The Bertz CT molecular complexity index is 716. The van der Waals surface area contributed by atoms with Crippen LogP contribution in [0.3, 0.4) is 0 Å². The maximum atomic E-state index is 12.6. The molecule has 1 saturated carbocycles. The number of nitrogens with one attached hydrogen (secondary N) is 2. The molecule has 29 heavy (non-hydrogen) atoms. The molecule has 1 aromatic carbocycles. The monoisotopic (exact) mass is 400 g/mol. The van der Waals surface area contributed by atoms with E-state index in [2.05, 4.69) is 34.6 Å². The Morgan fingerprint density at radius 1 is 1.17 bits per heavy atom. The summed E-state index contributed by atoms with van der Waals surface area (Å²) < 4.78 is 0. The van der Waals surface area contributed by atoms with E-state index >= 15 is 0 Å². The smallest absolute Gasteiger partial charge is 0.325 e. The highest BCUT2D eigenvalue weighted by atomic mass is 16.2. The van der Waals surface area contributed by atoms with Crippen molar-refractivity contribution in [2.45, 2.75) is 57.4 Å². The van der Waals surface area contributed by atoms with Gasteiger partial charge >= 0.3 is 6.03 Å². The summed E-state index contributed by atoms with van der Waals surface area (Å²) in [6, 6.07) is 9.93. The standard InChI is InChI=1S/C22H32N4O3/c1-2-25(18-10-4-3-5-11-18)16-9-15-23-19(27)12-8-17-26-20(28)22(24-21(26)29)13-6-7-14-22/h3-5,10-11H,2,6-9,12-17H2,1H3,(H,23,27)(H,24,29). The van der Waals surface area contributed by atoms with E-state index < -0.39 is 5.54 Å². The minimum atomic E-state index is -0.663. The summed E-state index contributed by atoms with van der Waals surface area (Å²) in [4.78, 5) is 40.4. The van der Waals surface area contributed by atoms with Crippen molar-refractivity contribution >= 4 is 23.5 Å². The van der Waals surface area contributed by atoms with Crippen molar-refractivity contribution in [2.24, 2.45) is 0 Å². The molecule has 1 aromatic rings. The first kappa shape index (κ1) is 21.1. The number of hydrogen-bond acceptors (Lipinski definition) is 4. The number of urea groups is 1. The predicted octanol–water partition coefficient (Wildman–Crippen LogP) is 2.66. The fraction of sp³-hybridized carbons (Fsp3) is 0.591. The second kappa shape index (κ2) is 9.76. The summed E-state index contributed by atoms with van der Waals surface area (Å²) >= 11 is 0. The van der Waals surface area contributed by atoms with Crippen LogP contribution < -0.4 is 15.5 Å². The SMILES string of the molecule is CCN(CCCNC(=O)CCCN1C(=O)NC2(CCCC2)C1=O)c1ccccc1. The number of carbonyl (C=O) groups excluding carboxylic acids is 3. The average molecular weight is 401 g/mol. The minimum absolute atomic E-state index is 0.0320. The van der Waals surface area contributed by atoms with Crippen LogP contribution in [-0.4, -0.2) is 54.5 Å². The first-order valence-electron chi connectivity index (χ1n) is 10.8. The van der Waals surface area contributed by atoms with E-state index in [9.17, 15) is 14.4 Å². The van der Waals surface area contributed by atoms with Gasteiger partial charge < -0.3 is 15.5 Å². The normalized spacial score (nSPS) is 17.6. The molecule has 0 radical (unpaired) electrons. The molecule has 0 aromatic heterocycles. The van der Waals surface area contributed by atoms with Gasteiger partial charge in [-0.2, -0.15) is 0 Å². The number of nitrogens with zero attached hydrogens (tertiary/aromatic N) is 2. The number of anilines is 1. The van der Waals surface area contributed by atoms with Crippen LogP contribution in [0.15, 0.2) is 30.3 Å². The molecule has 7 heteroatoms. The highest BCUT2D eigenvalue weighted by molar-refractivity contribution is 6.07. The number of benzene rings is 1. The van der Waals surface area contributed by atoms with Crippen molar-refractivity contribution in [3.63, 3.8) is 0 Å². The van der Waals surface area contributed by atoms with Gasteiger partial charge in [0.05, 0.1) is 0 Å². The van der Waals surface area contributed by atoms with Gasteiger partial charge in [0.2, 0.25) is 5.91 Å². The molecule has 2 fully saturated rings. The van der Waals surface area contributed by atoms with E-state index in [1.165, 1.54) is 10.6 Å². The number of amides is 4. The third-order valence-electron chi connectivity index (χ3n) is 5.92. The van der Waals surface area contributed by atoms with Gasteiger partial charge in [-0.1, -0.05) is 31.0 Å². The maximum absolute atomic E-state index is 12.6. The molecule has 2 N–H and O–H groups in total. The van der Waals surface area contributed by atoms with Gasteiger partial charge in [-0.15, -0.1) is 0 Å². The molecule has 0 bridgehead atoms. The van der Waals surface area contributed by atoms with Gasteiger partial charge in [-0.05, 0) is 44.7 Å². The van der Waals surface area contributed by atoms with Crippen molar-refractivity contribution in [1.29, 1.82) is 0 Å². The van der Waals surface area contributed by atoms with Crippen molar-refractivity contribution in [2.75, 3.05) is 31.1 Å². The van der Waals surface area contributed by atoms with Gasteiger partial charge in [0.1, 0.15) is 5.54 Å². The van der Waals surface area contributed by atoms with Gasteiger partial charge in [-0.25, -0.2) is 4.79 Å². The summed E-state index contributed by atoms with van der Waals surface area (Å²) in [5, 5.41) is 5.81. The van der Waals surface area contributed by atoms with Crippen molar-refractivity contribution in [1.82, 2.24) is 15.5 Å². The second-order valence-electron chi connectivity index (χ2n) is 7.90. The maximum Gasteiger partial charge on any atom is 0.325 e. The molecule has 1 saturated heterocycles. The summed E-state index contributed by atoms with van der Waals surface area (Å²) in [6.07, 6.45) is 5.08. The van der Waals surface area contributed by atoms with E-state index in [-0.39, 0.29) is 17.8 Å². The van der Waals surface area contributed by atoms with Crippen LogP contribution >= 0.6 is 0 Å². The Balaban J connectivity index is 1.32. The van der Waals surface area contributed by atoms with Crippen LogP contribution in [0.25, 0.3) is 0 Å². The highest BCUT2D eigenvalue weighted by Gasteiger charge is 2.51. The lowest BCUT2D eigenvalue weighted by molar-refractivity contribution is -0.131. The Morgan fingerprint density at radius 3 is 2.59 bits per heavy atom. The molecule has 0 atom stereocenters. The molecular weight excluding hydrogens is 368 g/mol. The van der Waals surface area contributed by atoms with Crippen LogP contribution in [0.4, 0.5) is 10.5 Å². The van der Waals surface area contributed by atoms with Crippen LogP contribution in [0.1, 0.15) is 51.9 Å². The van der Waals surface area contributed by atoms with Gasteiger partial charge in [-0.3, -0.25) is 14.5 Å². The molecule has 4 amide bonds. The summed E-state index contributed by atoms with van der Waals surface area (Å²) in [6.45, 7) is 4.85. The van der Waals surface area contributed by atoms with Crippen molar-refractivity contribution < 1.29 is 14.4 Å². The van der Waals surface area contributed by atoms with Gasteiger partial charge in [0.15, 0.2) is 0 Å². The Morgan fingerprint density at radius 2 is 1.90 bits per heavy atom. The van der Waals surface area contributed by atoms with Crippen LogP contribution in [0, 0.1) is 0 Å². The van der Waals surface area contributed by atoms with Crippen LogP contribution in [0.2, 0.25) is 0 Å². The van der Waals surface area contributed by atoms with Crippen molar-refractivity contribution in [3.05, 3.63) is 30.3 Å². The lowest BCUT2D eigenvalue weighted by atomic mass is 9.98. The third-order valence-corrected chi connectivity index (χ3v) is 5.92. The number of carbonyl (C=O) groups is 3. The first-order chi connectivity index (χ1) is 14.1. The number of rotatable bonds is 10. The predicted molar refractivity (Wildman–Crippen MR) is 113 cm³/mol. The molecule has 7 nitrogen and oxygen atoms in total. The van der Waals surface area contributed by atoms with Crippen LogP contribution in [-0.2, 0) is 9.59 Å². The molecule has 1 aliphatic carbocycles. The first-order valence-corrected chi connectivity index (χ1v) is 10.8. The molecule has 2 aliphatic rings. The molecular formula is C22H32N4O3. The fourth-order valence-electron chi connectivity index (χ4n) is 4.29. The van der Waals surface area contributed by atoms with E-state index in [0.717, 1.165) is 45.2 Å². The van der Waals surface area contributed by atoms with Gasteiger partial charge in [0, 0.05) is 38.3 Å². The molecule has 1 heterocycles. The Labute approximate surface area is 172 Å². The number of para-hydroxylation sites is 1. The van der Waals surface area contributed by atoms with Gasteiger partial charge in [0.25, 0.3) is 5.91 Å². The molecule has 0 unspecified atom stereocenters. The zero-order valence-corrected chi connectivity index (χ0v) is 17.3. The van der Waals surface area contributed by atoms with E-state index in [1.54, 1.807) is 0 Å². The zero-order valence-electron chi connectivity index (χ0n) is 17.3. The number of imide groups is 1. The molecule has 158 valence electrons. The lowest BCUT2D eigenvalue weighted by Crippen LogP contribution is -2.44. The summed E-state index contributed by atoms with van der Waals surface area (Å²) in [5.41, 5.74) is 0.526. The van der Waals surface area contributed by atoms with Crippen molar-refractivity contribution in [3.8, 4) is 0 Å². The largest absolute Gasteiger partial charge is 0.372 e. The lowest BCUT2D eigenvalue weighted by Gasteiger charge is -2.23. The topological polar surface area (TPSA) is 81.8 Å². The minimum Gasteiger partial charge on any atom is -0.372 e. The second-order valence-corrected chi connectivity index (χ2v) is 7.90. The summed E-state index contributed by atoms with van der Waals surface area (Å²) in [7, 11) is 0. The van der Waals surface area contributed by atoms with E-state index in [4.69, 9.17) is 0 Å². The molecule has 1 spiro atoms. The number of hydrogen-bond donors (Lipinski definition) is 2. The van der Waals surface area contributed by atoms with E-state index in [1.807, 2.05) is 18.2 Å². The Kier molecular flexibility index (Phi) is 7.12. The molecule has 3 rings (SSSR count). The summed E-state index contributed by atoms with van der Waals surface area (Å²) in [5.74, 6) is -0.142. The Hall–Kier alpha value is -2.57. The molecule has 1 aliphatic heterocycles. The zero-order chi connectivity index (χ0) is 20.7.